The van der Waals surface area contributed by atoms with Crippen LogP contribution >= 0.6 is 15.9 Å². The van der Waals surface area contributed by atoms with Crippen molar-refractivity contribution in [1.29, 1.82) is 5.26 Å². The van der Waals surface area contributed by atoms with Gasteiger partial charge in [0.05, 0.1) is 22.2 Å². The van der Waals surface area contributed by atoms with Gasteiger partial charge >= 0.3 is 0 Å². The number of nitrogens with one attached hydrogen (secondary N) is 1. The highest BCUT2D eigenvalue weighted by Crippen LogP contribution is 2.30. The van der Waals surface area contributed by atoms with Crippen LogP contribution in [0, 0.1) is 11.3 Å². The Labute approximate surface area is 159 Å². The van der Waals surface area contributed by atoms with Crippen LogP contribution in [-0.2, 0) is 10.0 Å². The summed E-state index contributed by atoms with van der Waals surface area (Å²) in [6.45, 7) is 0. The lowest BCUT2D eigenvalue weighted by Crippen LogP contribution is -2.25. The average Bonchev–Trinajstić information content (AvgIpc) is 3.04. The summed E-state index contributed by atoms with van der Waals surface area (Å²) in [6, 6.07) is 16.6. The summed E-state index contributed by atoms with van der Waals surface area (Å²) < 4.78 is 31.0. The first-order valence-corrected chi connectivity index (χ1v) is 9.64. The van der Waals surface area contributed by atoms with Crippen molar-refractivity contribution >= 4 is 26.0 Å². The van der Waals surface area contributed by atoms with Crippen LogP contribution in [0.15, 0.2) is 64.0 Å². The Morgan fingerprint density at radius 3 is 2.54 bits per heavy atom. The minimum Gasteiger partial charge on any atom is -0.496 e. The smallest absolute Gasteiger partial charge is 0.276 e. The van der Waals surface area contributed by atoms with Crippen LogP contribution in [0.1, 0.15) is 5.69 Å². The first kappa shape index (κ1) is 18.0. The van der Waals surface area contributed by atoms with E-state index in [0.717, 1.165) is 4.79 Å². The third-order valence-corrected chi connectivity index (χ3v) is 5.46. The summed E-state index contributed by atoms with van der Waals surface area (Å²) in [6.07, 6.45) is 0. The van der Waals surface area contributed by atoms with E-state index >= 15 is 0 Å². The van der Waals surface area contributed by atoms with Crippen LogP contribution in [0.2, 0.25) is 0 Å². The van der Waals surface area contributed by atoms with E-state index < -0.39 is 10.0 Å². The van der Waals surface area contributed by atoms with Gasteiger partial charge in [0, 0.05) is 11.6 Å². The fourth-order valence-electron chi connectivity index (χ4n) is 2.30. The zero-order valence-electron chi connectivity index (χ0n) is 13.5. The number of nitriles is 1. The third kappa shape index (κ3) is 3.56. The SMILES string of the molecule is COc1ccc(-c2cc(C#N)nn2NS(=O)(=O)c2ccccc2)cc1Br. The Morgan fingerprint density at radius 1 is 1.19 bits per heavy atom. The Bertz CT molecular complexity index is 1090. The van der Waals surface area contributed by atoms with Gasteiger partial charge in [-0.15, -0.1) is 5.10 Å². The lowest BCUT2D eigenvalue weighted by Gasteiger charge is -2.12. The van der Waals surface area contributed by atoms with Gasteiger partial charge in [0.2, 0.25) is 0 Å². The number of benzene rings is 2. The van der Waals surface area contributed by atoms with Crippen molar-refractivity contribution in [3.05, 3.63) is 64.8 Å². The van der Waals surface area contributed by atoms with Crippen LogP contribution in [0.5, 0.6) is 5.75 Å². The molecule has 1 heterocycles. The molecule has 0 aliphatic carbocycles. The van der Waals surface area contributed by atoms with Gasteiger partial charge in [-0.1, -0.05) is 18.2 Å². The van der Waals surface area contributed by atoms with Crippen molar-refractivity contribution in [2.24, 2.45) is 0 Å². The molecular weight excluding hydrogens is 420 g/mol. The van der Waals surface area contributed by atoms with E-state index in [1.807, 2.05) is 6.07 Å². The van der Waals surface area contributed by atoms with Crippen molar-refractivity contribution < 1.29 is 13.2 Å². The maximum Gasteiger partial charge on any atom is 0.276 e. The van der Waals surface area contributed by atoms with Gasteiger partial charge in [-0.3, -0.25) is 0 Å². The number of halogens is 1. The number of aromatic nitrogens is 2. The molecule has 1 N–H and O–H groups in total. The number of hydrogen-bond acceptors (Lipinski definition) is 5. The molecule has 0 bridgehead atoms. The fraction of sp³-hybridized carbons (Fsp3) is 0.0588. The molecule has 9 heteroatoms. The summed E-state index contributed by atoms with van der Waals surface area (Å²) in [5.41, 5.74) is 1.16. The number of nitrogens with zero attached hydrogens (tertiary/aromatic N) is 3. The van der Waals surface area contributed by atoms with E-state index in [0.29, 0.717) is 21.5 Å². The highest BCUT2D eigenvalue weighted by Gasteiger charge is 2.18. The van der Waals surface area contributed by atoms with Crippen molar-refractivity contribution in [2.75, 3.05) is 11.9 Å². The molecule has 0 spiro atoms. The molecule has 7 nitrogen and oxygen atoms in total. The number of rotatable bonds is 5. The van der Waals surface area contributed by atoms with E-state index in [1.165, 1.54) is 18.2 Å². The zero-order valence-corrected chi connectivity index (χ0v) is 16.0. The molecule has 2 aromatic carbocycles. The molecule has 0 saturated carbocycles. The van der Waals surface area contributed by atoms with E-state index in [9.17, 15) is 8.42 Å². The zero-order chi connectivity index (χ0) is 18.7. The normalized spacial score (nSPS) is 11.0. The minimum absolute atomic E-state index is 0.0858. The van der Waals surface area contributed by atoms with Gasteiger partial charge in [-0.2, -0.15) is 23.3 Å². The number of hydrogen-bond donors (Lipinski definition) is 1. The van der Waals surface area contributed by atoms with Crippen LogP contribution in [-0.4, -0.2) is 25.4 Å². The van der Waals surface area contributed by atoms with E-state index in [4.69, 9.17) is 10.00 Å². The molecule has 0 amide bonds. The second-order valence-corrected chi connectivity index (χ2v) is 7.71. The van der Waals surface area contributed by atoms with Gasteiger partial charge < -0.3 is 4.74 Å². The van der Waals surface area contributed by atoms with Crippen molar-refractivity contribution in [2.45, 2.75) is 4.90 Å². The van der Waals surface area contributed by atoms with Crippen LogP contribution in [0.25, 0.3) is 11.3 Å². The Kier molecular flexibility index (Phi) is 4.97. The summed E-state index contributed by atoms with van der Waals surface area (Å²) in [7, 11) is -2.31. The molecule has 1 aromatic heterocycles. The van der Waals surface area contributed by atoms with E-state index in [1.54, 1.807) is 43.5 Å². The largest absolute Gasteiger partial charge is 0.496 e. The van der Waals surface area contributed by atoms with Gasteiger partial charge in [0.1, 0.15) is 11.8 Å². The molecule has 26 heavy (non-hydrogen) atoms. The van der Waals surface area contributed by atoms with Crippen LogP contribution in [0.4, 0.5) is 0 Å². The quantitative estimate of drug-likeness (QED) is 0.667. The van der Waals surface area contributed by atoms with Gasteiger partial charge in [-0.05, 0) is 46.3 Å². The maximum absolute atomic E-state index is 12.6. The first-order valence-electron chi connectivity index (χ1n) is 7.36. The summed E-state index contributed by atoms with van der Waals surface area (Å²) in [5, 5.41) is 13.1. The Hall–Kier alpha value is -2.83. The lowest BCUT2D eigenvalue weighted by atomic mass is 10.1. The van der Waals surface area contributed by atoms with Crippen LogP contribution < -0.4 is 9.57 Å². The highest BCUT2D eigenvalue weighted by molar-refractivity contribution is 9.10. The molecule has 132 valence electrons. The molecule has 0 saturated heterocycles. The van der Waals surface area contributed by atoms with Gasteiger partial charge in [-0.25, -0.2) is 0 Å². The summed E-state index contributed by atoms with van der Waals surface area (Å²) in [4.78, 5) is 3.56. The fourth-order valence-corrected chi connectivity index (χ4v) is 3.83. The molecule has 0 fully saturated rings. The molecule has 3 aromatic rings. The Morgan fingerprint density at radius 2 is 1.92 bits per heavy atom. The van der Waals surface area contributed by atoms with E-state index in [2.05, 4.69) is 25.9 Å². The minimum atomic E-state index is -3.86. The summed E-state index contributed by atoms with van der Waals surface area (Å²) in [5.74, 6) is 0.630. The lowest BCUT2D eigenvalue weighted by molar-refractivity contribution is 0.412. The van der Waals surface area contributed by atoms with Gasteiger partial charge in [0.15, 0.2) is 5.69 Å². The maximum atomic E-state index is 12.6. The predicted octanol–water partition coefficient (Wildman–Crippen LogP) is 3.13. The number of ether oxygens (including phenoxy) is 1. The second-order valence-electron chi connectivity index (χ2n) is 5.20. The number of methoxy groups -OCH3 is 1. The standard InChI is InChI=1S/C17H13BrN4O3S/c1-25-17-8-7-12(9-15(17)18)16-10-13(11-19)20-22(16)21-26(23,24)14-5-3-2-4-6-14/h2-10,21H,1H3. The van der Waals surface area contributed by atoms with Gasteiger partial charge in [0.25, 0.3) is 10.0 Å². The Balaban J connectivity index is 2.05. The molecule has 3 rings (SSSR count). The monoisotopic (exact) mass is 432 g/mol. The summed E-state index contributed by atoms with van der Waals surface area (Å²) >= 11 is 3.39. The van der Waals surface area contributed by atoms with Crippen molar-refractivity contribution in [1.82, 2.24) is 9.89 Å². The second kappa shape index (κ2) is 7.19. The first-order chi connectivity index (χ1) is 12.4. The third-order valence-electron chi connectivity index (χ3n) is 3.53. The molecule has 0 radical (unpaired) electrons. The number of sulfonamides is 1. The highest BCUT2D eigenvalue weighted by atomic mass is 79.9. The van der Waals surface area contributed by atoms with Crippen LogP contribution in [0.3, 0.4) is 0 Å². The average molecular weight is 433 g/mol. The van der Waals surface area contributed by atoms with E-state index in [-0.39, 0.29) is 10.6 Å². The molecular formula is C17H13BrN4O3S. The van der Waals surface area contributed by atoms with Crippen molar-refractivity contribution in [3.63, 3.8) is 0 Å². The molecule has 0 unspecified atom stereocenters. The molecule has 0 aliphatic heterocycles. The van der Waals surface area contributed by atoms with Crippen molar-refractivity contribution in [3.8, 4) is 23.1 Å². The predicted molar refractivity (Wildman–Crippen MR) is 99.6 cm³/mol. The topological polar surface area (TPSA) is 97.0 Å². The molecule has 0 aliphatic rings. The molecule has 0 atom stereocenters.